The van der Waals surface area contributed by atoms with E-state index in [1.165, 1.54) is 22.3 Å². The monoisotopic (exact) mass is 454 g/mol. The van der Waals surface area contributed by atoms with Crippen molar-refractivity contribution < 1.29 is 9.59 Å². The van der Waals surface area contributed by atoms with Crippen LogP contribution in [0, 0.1) is 0 Å². The van der Waals surface area contributed by atoms with Crippen molar-refractivity contribution in [3.05, 3.63) is 105 Å². The SMILES string of the molecule is CC(C)c1ccc(C(=O)c2cccc(C(=O)c3ccc(C(C)C)c(C(C)C)c3)c2)cc1C(C)C. The first-order chi connectivity index (χ1) is 16.0. The molecule has 0 saturated carbocycles. The largest absolute Gasteiger partial charge is 0.289 e. The summed E-state index contributed by atoms with van der Waals surface area (Å²) in [6.45, 7) is 17.3. The van der Waals surface area contributed by atoms with Crippen molar-refractivity contribution >= 4 is 11.6 Å². The Labute approximate surface area is 205 Å². The lowest BCUT2D eigenvalue weighted by Gasteiger charge is -2.17. The van der Waals surface area contributed by atoms with E-state index in [9.17, 15) is 9.59 Å². The van der Waals surface area contributed by atoms with Gasteiger partial charge >= 0.3 is 0 Å². The molecule has 3 rings (SSSR count). The van der Waals surface area contributed by atoms with Crippen LogP contribution in [0.2, 0.25) is 0 Å². The van der Waals surface area contributed by atoms with E-state index in [1.54, 1.807) is 24.3 Å². The third kappa shape index (κ3) is 5.38. The summed E-state index contributed by atoms with van der Waals surface area (Å²) in [6, 6.07) is 19.2. The van der Waals surface area contributed by atoms with Gasteiger partial charge in [-0.05, 0) is 64.1 Å². The normalized spacial score (nSPS) is 11.6. The fourth-order valence-corrected chi connectivity index (χ4v) is 4.62. The summed E-state index contributed by atoms with van der Waals surface area (Å²) in [6.07, 6.45) is 0. The van der Waals surface area contributed by atoms with E-state index in [0.717, 1.165) is 0 Å². The van der Waals surface area contributed by atoms with Gasteiger partial charge in [-0.2, -0.15) is 0 Å². The first kappa shape index (κ1) is 25.6. The first-order valence-electron chi connectivity index (χ1n) is 12.5. The van der Waals surface area contributed by atoms with Gasteiger partial charge in [-0.25, -0.2) is 0 Å². The highest BCUT2D eigenvalue weighted by Gasteiger charge is 2.19. The van der Waals surface area contributed by atoms with Gasteiger partial charge in [-0.1, -0.05) is 97.9 Å². The molecular weight excluding hydrogens is 416 g/mol. The van der Waals surface area contributed by atoms with E-state index < -0.39 is 0 Å². The summed E-state index contributed by atoms with van der Waals surface area (Å²) in [7, 11) is 0. The average Bonchev–Trinajstić information content (AvgIpc) is 2.82. The van der Waals surface area contributed by atoms with Gasteiger partial charge in [0, 0.05) is 22.3 Å². The molecule has 0 unspecified atom stereocenters. The van der Waals surface area contributed by atoms with Crippen LogP contribution in [0.1, 0.15) is 133 Å². The molecule has 34 heavy (non-hydrogen) atoms. The molecule has 0 radical (unpaired) electrons. The zero-order chi connectivity index (χ0) is 25.2. The van der Waals surface area contributed by atoms with Crippen molar-refractivity contribution in [2.45, 2.75) is 79.1 Å². The summed E-state index contributed by atoms with van der Waals surface area (Å²) >= 11 is 0. The molecule has 3 aromatic carbocycles. The Morgan fingerprint density at radius 3 is 1.09 bits per heavy atom. The van der Waals surface area contributed by atoms with Crippen LogP contribution >= 0.6 is 0 Å². The van der Waals surface area contributed by atoms with Gasteiger partial charge in [-0.15, -0.1) is 0 Å². The molecule has 0 bridgehead atoms. The van der Waals surface area contributed by atoms with E-state index in [0.29, 0.717) is 45.9 Å². The first-order valence-corrected chi connectivity index (χ1v) is 12.5. The maximum absolute atomic E-state index is 13.4. The number of hydrogen-bond acceptors (Lipinski definition) is 2. The lowest BCUT2D eigenvalue weighted by atomic mass is 9.87. The van der Waals surface area contributed by atoms with Gasteiger partial charge < -0.3 is 0 Å². The van der Waals surface area contributed by atoms with Crippen LogP contribution < -0.4 is 0 Å². The van der Waals surface area contributed by atoms with E-state index in [1.807, 2.05) is 24.3 Å². The molecule has 0 fully saturated rings. The predicted molar refractivity (Wildman–Crippen MR) is 143 cm³/mol. The number of carbonyl (C=O) groups excluding carboxylic acids is 2. The summed E-state index contributed by atoms with van der Waals surface area (Å²) in [4.78, 5) is 26.7. The van der Waals surface area contributed by atoms with E-state index in [2.05, 4.69) is 67.5 Å². The van der Waals surface area contributed by atoms with Gasteiger partial charge in [0.1, 0.15) is 0 Å². The minimum absolute atomic E-state index is 0.0510. The van der Waals surface area contributed by atoms with Crippen molar-refractivity contribution in [3.8, 4) is 0 Å². The third-order valence-electron chi connectivity index (χ3n) is 6.57. The highest BCUT2D eigenvalue weighted by molar-refractivity contribution is 6.13. The van der Waals surface area contributed by atoms with E-state index in [4.69, 9.17) is 0 Å². The molecule has 2 heteroatoms. The lowest BCUT2D eigenvalue weighted by molar-refractivity contribution is 0.103. The second-order valence-corrected chi connectivity index (χ2v) is 10.5. The van der Waals surface area contributed by atoms with Crippen molar-refractivity contribution in [3.63, 3.8) is 0 Å². The molecule has 0 aliphatic carbocycles. The third-order valence-corrected chi connectivity index (χ3v) is 6.57. The van der Waals surface area contributed by atoms with Crippen molar-refractivity contribution in [2.24, 2.45) is 0 Å². The smallest absolute Gasteiger partial charge is 0.193 e. The number of rotatable bonds is 8. The minimum Gasteiger partial charge on any atom is -0.289 e. The number of benzene rings is 3. The fraction of sp³-hybridized carbons (Fsp3) is 0.375. The number of ketones is 2. The van der Waals surface area contributed by atoms with Gasteiger partial charge in [-0.3, -0.25) is 9.59 Å². The molecule has 0 N–H and O–H groups in total. The van der Waals surface area contributed by atoms with Crippen molar-refractivity contribution in [1.29, 1.82) is 0 Å². The summed E-state index contributed by atoms with van der Waals surface area (Å²) < 4.78 is 0. The van der Waals surface area contributed by atoms with Crippen LogP contribution in [0.5, 0.6) is 0 Å². The molecule has 0 spiro atoms. The van der Waals surface area contributed by atoms with Crippen molar-refractivity contribution in [2.75, 3.05) is 0 Å². The standard InChI is InChI=1S/C32H38O2/c1-19(2)27-14-12-25(17-29(27)21(5)6)31(33)23-10-9-11-24(16-23)32(34)26-13-15-28(20(3)4)30(18-26)22(7)8/h9-22H,1-8H3. The highest BCUT2D eigenvalue weighted by atomic mass is 16.1. The van der Waals surface area contributed by atoms with Crippen LogP contribution in [-0.2, 0) is 0 Å². The van der Waals surface area contributed by atoms with Gasteiger partial charge in [0.2, 0.25) is 0 Å². The second kappa shape index (κ2) is 10.5. The van der Waals surface area contributed by atoms with E-state index >= 15 is 0 Å². The summed E-state index contributed by atoms with van der Waals surface area (Å²) in [5, 5.41) is 0. The van der Waals surface area contributed by atoms with Crippen LogP contribution in [0.25, 0.3) is 0 Å². The molecule has 0 aliphatic rings. The van der Waals surface area contributed by atoms with Crippen LogP contribution in [-0.4, -0.2) is 11.6 Å². The van der Waals surface area contributed by atoms with Gasteiger partial charge in [0.25, 0.3) is 0 Å². The second-order valence-electron chi connectivity index (χ2n) is 10.5. The molecule has 3 aromatic rings. The zero-order valence-electron chi connectivity index (χ0n) is 21.9. The molecule has 178 valence electrons. The van der Waals surface area contributed by atoms with Gasteiger partial charge in [0.05, 0.1) is 0 Å². The van der Waals surface area contributed by atoms with Gasteiger partial charge in [0.15, 0.2) is 11.6 Å². The number of hydrogen-bond donors (Lipinski definition) is 0. The maximum Gasteiger partial charge on any atom is 0.193 e. The molecular formula is C32H38O2. The van der Waals surface area contributed by atoms with Crippen LogP contribution in [0.4, 0.5) is 0 Å². The molecule has 2 nitrogen and oxygen atoms in total. The topological polar surface area (TPSA) is 34.1 Å². The van der Waals surface area contributed by atoms with Crippen molar-refractivity contribution in [1.82, 2.24) is 0 Å². The Kier molecular flexibility index (Phi) is 7.92. The quantitative estimate of drug-likeness (QED) is 0.319. The Balaban J connectivity index is 1.96. The Hall–Kier alpha value is -3.00. The Morgan fingerprint density at radius 2 is 0.765 bits per heavy atom. The minimum atomic E-state index is -0.0510. The molecule has 0 saturated heterocycles. The van der Waals surface area contributed by atoms with Crippen LogP contribution in [0.3, 0.4) is 0 Å². The Morgan fingerprint density at radius 1 is 0.441 bits per heavy atom. The summed E-state index contributed by atoms with van der Waals surface area (Å²) in [5.74, 6) is 1.37. The molecule has 0 aromatic heterocycles. The summed E-state index contributed by atoms with van der Waals surface area (Å²) in [5.41, 5.74) is 7.39. The van der Waals surface area contributed by atoms with E-state index in [-0.39, 0.29) is 11.6 Å². The zero-order valence-corrected chi connectivity index (χ0v) is 21.9. The molecule has 0 atom stereocenters. The van der Waals surface area contributed by atoms with Crippen LogP contribution in [0.15, 0.2) is 60.7 Å². The predicted octanol–water partition coefficient (Wildman–Crippen LogP) is 8.64. The molecule has 0 heterocycles. The lowest BCUT2D eigenvalue weighted by Crippen LogP contribution is -2.09. The highest BCUT2D eigenvalue weighted by Crippen LogP contribution is 2.30. The molecule has 0 aliphatic heterocycles. The fourth-order valence-electron chi connectivity index (χ4n) is 4.62. The maximum atomic E-state index is 13.4. The number of carbonyl (C=O) groups is 2. The molecule has 0 amide bonds. The average molecular weight is 455 g/mol. The Bertz CT molecular complexity index is 1100.